The van der Waals surface area contributed by atoms with Crippen LogP contribution in [-0.4, -0.2) is 116 Å². The first-order valence-corrected chi connectivity index (χ1v) is 15.1. The maximum atomic E-state index is 14.0. The van der Waals surface area contributed by atoms with Crippen molar-refractivity contribution in [3.8, 4) is 6.01 Å². The minimum atomic E-state index is -1.62. The lowest BCUT2D eigenvalue weighted by Gasteiger charge is -2.33. The summed E-state index contributed by atoms with van der Waals surface area (Å²) in [6.45, 7) is 7.74. The van der Waals surface area contributed by atoms with Gasteiger partial charge in [0.25, 0.3) is 0 Å². The Bertz CT molecular complexity index is 1340. The molecule has 18 heteroatoms. The second-order valence-corrected chi connectivity index (χ2v) is 12.0. The lowest BCUT2D eigenvalue weighted by molar-refractivity contribution is -0.156. The molecule has 1 aromatic heterocycles. The molecule has 3 heterocycles. The van der Waals surface area contributed by atoms with E-state index in [0.29, 0.717) is 0 Å². The Labute approximate surface area is 270 Å². The highest BCUT2D eigenvalue weighted by molar-refractivity contribution is 5.97. The highest BCUT2D eigenvalue weighted by Gasteiger charge is 2.48. The molecule has 0 radical (unpaired) electrons. The van der Waals surface area contributed by atoms with Crippen molar-refractivity contribution in [1.29, 1.82) is 0 Å². The second kappa shape index (κ2) is 16.1. The molecule has 3 rings (SSSR count). The number of likely N-dealkylation sites (tertiary alicyclic amines) is 1. The van der Waals surface area contributed by atoms with Crippen molar-refractivity contribution in [2.75, 3.05) is 6.54 Å². The molecule has 7 atom stereocenters. The van der Waals surface area contributed by atoms with Gasteiger partial charge in [-0.3, -0.25) is 33.6 Å². The van der Waals surface area contributed by atoms with E-state index in [4.69, 9.17) is 9.47 Å². The maximum absolute atomic E-state index is 14.0. The number of ether oxygens (including phenoxy) is 2. The summed E-state index contributed by atoms with van der Waals surface area (Å²) in [6, 6.07) is -4.90. The predicted octanol–water partition coefficient (Wildman–Crippen LogP) is -2.16. The summed E-state index contributed by atoms with van der Waals surface area (Å²) in [5.74, 6) is -6.89. The normalized spacial score (nSPS) is 22.6. The number of esters is 1. The number of nitrogens with zero attached hydrogens (tertiary/aromatic N) is 3. The number of hydrogen-bond donors (Lipinski definition) is 6. The molecule has 1 aromatic rings. The van der Waals surface area contributed by atoms with Crippen molar-refractivity contribution in [1.82, 2.24) is 36.1 Å². The lowest BCUT2D eigenvalue weighted by atomic mass is 10.00. The third-order valence-electron chi connectivity index (χ3n) is 7.55. The number of rotatable bonds is 14. The molecule has 0 spiro atoms. The predicted molar refractivity (Wildman–Crippen MR) is 159 cm³/mol. The number of aromatic nitrogens is 2. The van der Waals surface area contributed by atoms with E-state index < -0.39 is 102 Å². The molecule has 2 saturated heterocycles. The van der Waals surface area contributed by atoms with Crippen LogP contribution in [0.3, 0.4) is 0 Å². The van der Waals surface area contributed by atoms with Gasteiger partial charge >= 0.3 is 17.9 Å². The average molecular weight is 664 g/mol. The van der Waals surface area contributed by atoms with E-state index in [1.165, 1.54) is 24.2 Å². The summed E-state index contributed by atoms with van der Waals surface area (Å²) in [5, 5.41) is 29.4. The van der Waals surface area contributed by atoms with Crippen LogP contribution in [-0.2, 0) is 38.3 Å². The van der Waals surface area contributed by atoms with E-state index in [-0.39, 0.29) is 25.4 Å². The molecule has 47 heavy (non-hydrogen) atoms. The molecule has 6 N–H and O–H groups in total. The van der Waals surface area contributed by atoms with Crippen LogP contribution in [0.5, 0.6) is 6.01 Å². The summed E-state index contributed by atoms with van der Waals surface area (Å²) in [6.07, 6.45) is -0.719. The monoisotopic (exact) mass is 663 g/mol. The van der Waals surface area contributed by atoms with E-state index in [2.05, 4.69) is 31.2 Å². The van der Waals surface area contributed by atoms with E-state index in [1.807, 2.05) is 0 Å². The number of aliphatic hydroxyl groups excluding tert-OH is 1. The number of hydrogen-bond acceptors (Lipinski definition) is 12. The van der Waals surface area contributed by atoms with Gasteiger partial charge in [0.1, 0.15) is 36.3 Å². The van der Waals surface area contributed by atoms with Gasteiger partial charge in [-0.2, -0.15) is 0 Å². The number of carboxylic acids is 1. The van der Waals surface area contributed by atoms with Crippen molar-refractivity contribution < 1.29 is 53.2 Å². The highest BCUT2D eigenvalue weighted by atomic mass is 16.6. The van der Waals surface area contributed by atoms with Crippen molar-refractivity contribution in [3.05, 3.63) is 18.5 Å². The molecular weight excluding hydrogens is 622 g/mol. The number of carbonyl (C=O) groups is 7. The number of aliphatic hydroxyl groups is 1. The van der Waals surface area contributed by atoms with Gasteiger partial charge in [-0.05, 0) is 17.9 Å². The van der Waals surface area contributed by atoms with Crippen LogP contribution in [0, 0.1) is 11.8 Å². The third kappa shape index (κ3) is 9.81. The van der Waals surface area contributed by atoms with E-state index in [9.17, 15) is 43.8 Å². The van der Waals surface area contributed by atoms with Gasteiger partial charge in [0.15, 0.2) is 0 Å². The van der Waals surface area contributed by atoms with Gasteiger partial charge < -0.3 is 45.9 Å². The highest BCUT2D eigenvalue weighted by Crippen LogP contribution is 2.25. The van der Waals surface area contributed by atoms with Gasteiger partial charge in [0, 0.05) is 32.3 Å². The average Bonchev–Trinajstić information content (AvgIpc) is 3.54. The number of aliphatic carboxylic acids is 1. The Balaban J connectivity index is 1.85. The first kappa shape index (κ1) is 36.6. The topological polar surface area (TPSA) is 256 Å². The molecule has 258 valence electrons. The fourth-order valence-corrected chi connectivity index (χ4v) is 5.21. The second-order valence-electron chi connectivity index (χ2n) is 12.0. The lowest BCUT2D eigenvalue weighted by Crippen LogP contribution is -2.61. The van der Waals surface area contributed by atoms with Crippen LogP contribution < -0.4 is 26.0 Å². The first-order valence-electron chi connectivity index (χ1n) is 15.1. The van der Waals surface area contributed by atoms with Gasteiger partial charge in [0.2, 0.25) is 35.8 Å². The zero-order valence-corrected chi connectivity index (χ0v) is 26.7. The minimum absolute atomic E-state index is 0.0156. The molecule has 0 aliphatic carbocycles. The van der Waals surface area contributed by atoms with Gasteiger partial charge in [-0.15, -0.1) is 0 Å². The summed E-state index contributed by atoms with van der Waals surface area (Å²) in [7, 11) is 0. The van der Waals surface area contributed by atoms with E-state index >= 15 is 0 Å². The van der Waals surface area contributed by atoms with Crippen molar-refractivity contribution in [2.45, 2.75) is 96.5 Å². The summed E-state index contributed by atoms with van der Waals surface area (Å²) < 4.78 is 10.6. The fourth-order valence-electron chi connectivity index (χ4n) is 5.21. The zero-order valence-electron chi connectivity index (χ0n) is 26.7. The van der Waals surface area contributed by atoms with Crippen molar-refractivity contribution in [3.63, 3.8) is 0 Å². The zero-order chi connectivity index (χ0) is 35.0. The molecule has 18 nitrogen and oxygen atoms in total. The number of cyclic esters (lactones) is 1. The molecule has 2 fully saturated rings. The van der Waals surface area contributed by atoms with Gasteiger partial charge in [0.05, 0.1) is 12.8 Å². The largest absolute Gasteiger partial charge is 0.481 e. The van der Waals surface area contributed by atoms with Crippen LogP contribution >= 0.6 is 0 Å². The molecule has 5 amide bonds. The van der Waals surface area contributed by atoms with Gasteiger partial charge in [-0.1, -0.05) is 27.7 Å². The molecule has 0 bridgehead atoms. The Hall–Kier alpha value is -4.87. The van der Waals surface area contributed by atoms with Crippen LogP contribution in [0.4, 0.5) is 0 Å². The maximum Gasteiger partial charge on any atom is 0.316 e. The van der Waals surface area contributed by atoms with E-state index in [1.54, 1.807) is 33.8 Å². The summed E-state index contributed by atoms with van der Waals surface area (Å²) >= 11 is 0. The molecule has 1 unspecified atom stereocenters. The Kier molecular flexibility index (Phi) is 12.5. The van der Waals surface area contributed by atoms with Crippen LogP contribution in [0.1, 0.15) is 53.9 Å². The Morgan fingerprint density at radius 2 is 1.64 bits per heavy atom. The summed E-state index contributed by atoms with van der Waals surface area (Å²) in [5.41, 5.74) is 0. The SMILES string of the molecule is CC(=O)N[C@H](C(=O)N[C@@H](CC(=O)O)C(=O)N[C@H](C(=O)N1CC[C@H](Oc2ncccn2)[C@H]1C(=O)N[C@H]1CC(=O)OC1O)C(C)C)C(C)C. The van der Waals surface area contributed by atoms with Gasteiger partial charge in [-0.25, -0.2) is 9.97 Å². The number of amides is 5. The number of nitrogens with one attached hydrogen (secondary N) is 4. The summed E-state index contributed by atoms with van der Waals surface area (Å²) in [4.78, 5) is 98.2. The fraction of sp³-hybridized carbons (Fsp3) is 0.621. The van der Waals surface area contributed by atoms with Crippen molar-refractivity contribution >= 4 is 41.5 Å². The Morgan fingerprint density at radius 3 is 2.17 bits per heavy atom. The Morgan fingerprint density at radius 1 is 1.00 bits per heavy atom. The molecule has 2 aliphatic heterocycles. The third-order valence-corrected chi connectivity index (χ3v) is 7.55. The van der Waals surface area contributed by atoms with Crippen molar-refractivity contribution in [2.24, 2.45) is 11.8 Å². The standard InChI is InChI=1S/C29H41N7O11/c1-13(2)21(32-15(5)37)25(42)33-16(11-19(38)39)24(41)35-22(14(3)4)27(44)36-10-7-18(46-29-30-8-6-9-31-29)23(36)26(43)34-17-12-20(40)47-28(17)45/h6,8-9,13-14,16-18,21-23,28,45H,7,10-12H2,1-5H3,(H,32,37)(H,33,42)(H,34,43)(H,35,41)(H,38,39)/t16-,17-,18-,21-,22-,23-,28?/m0/s1. The smallest absolute Gasteiger partial charge is 0.316 e. The molecule has 0 aromatic carbocycles. The molecule has 0 saturated carbocycles. The van der Waals surface area contributed by atoms with Crippen LogP contribution in [0.25, 0.3) is 0 Å². The quantitative estimate of drug-likeness (QED) is 0.116. The van der Waals surface area contributed by atoms with E-state index in [0.717, 1.165) is 0 Å². The minimum Gasteiger partial charge on any atom is -0.481 e. The number of carboxylic acid groups (broad SMARTS) is 1. The molecular formula is C29H41N7O11. The first-order chi connectivity index (χ1) is 22.1. The van der Waals surface area contributed by atoms with Crippen LogP contribution in [0.15, 0.2) is 18.5 Å². The van der Waals surface area contributed by atoms with Crippen LogP contribution in [0.2, 0.25) is 0 Å². The molecule has 2 aliphatic rings. The number of carbonyl (C=O) groups excluding carboxylic acids is 6.